The van der Waals surface area contributed by atoms with Crippen LogP contribution < -0.4 is 15.5 Å². The lowest BCUT2D eigenvalue weighted by Crippen LogP contribution is -2.43. The number of hydrogen-bond donors (Lipinski definition) is 2. The molecule has 1 aliphatic rings. The van der Waals surface area contributed by atoms with E-state index in [2.05, 4.69) is 10.6 Å². The second kappa shape index (κ2) is 7.36. The van der Waals surface area contributed by atoms with Crippen molar-refractivity contribution < 1.29 is 9.59 Å². The van der Waals surface area contributed by atoms with Gasteiger partial charge in [-0.25, -0.2) is 4.79 Å². The fourth-order valence-electron chi connectivity index (χ4n) is 2.73. The molecular weight excluding hydrogens is 326 g/mol. The van der Waals surface area contributed by atoms with Crippen LogP contribution in [0.5, 0.6) is 0 Å². The minimum atomic E-state index is -0.289. The minimum absolute atomic E-state index is 0.0151. The number of hydrogen-bond acceptors (Lipinski definition) is 2. The number of halogens is 1. The van der Waals surface area contributed by atoms with Crippen LogP contribution in [0, 0.1) is 0 Å². The summed E-state index contributed by atoms with van der Waals surface area (Å²) in [5.74, 6) is 0.0151. The molecule has 1 aliphatic heterocycles. The van der Waals surface area contributed by atoms with Crippen LogP contribution >= 0.6 is 11.6 Å². The van der Waals surface area contributed by atoms with Gasteiger partial charge in [-0.3, -0.25) is 4.79 Å². The highest BCUT2D eigenvalue weighted by molar-refractivity contribution is 6.30. The summed E-state index contributed by atoms with van der Waals surface area (Å²) >= 11 is 5.92. The van der Waals surface area contributed by atoms with Crippen molar-refractivity contribution in [2.45, 2.75) is 19.0 Å². The molecule has 124 valence electrons. The number of amides is 3. The van der Waals surface area contributed by atoms with Gasteiger partial charge in [-0.15, -0.1) is 0 Å². The highest BCUT2D eigenvalue weighted by atomic mass is 35.5. The monoisotopic (exact) mass is 343 g/mol. The Labute approximate surface area is 145 Å². The summed E-state index contributed by atoms with van der Waals surface area (Å²) in [7, 11) is 0. The zero-order valence-electron chi connectivity index (χ0n) is 13.0. The van der Waals surface area contributed by atoms with E-state index in [0.717, 1.165) is 11.3 Å². The first-order chi connectivity index (χ1) is 11.6. The van der Waals surface area contributed by atoms with E-state index in [1.165, 1.54) is 0 Å². The fraction of sp³-hybridized carbons (Fsp3) is 0.222. The first kappa shape index (κ1) is 16.3. The smallest absolute Gasteiger partial charge is 0.315 e. The number of para-hydroxylation sites is 1. The number of urea groups is 1. The van der Waals surface area contributed by atoms with Crippen LogP contribution in [0.1, 0.15) is 12.0 Å². The van der Waals surface area contributed by atoms with Crippen LogP contribution in [0.25, 0.3) is 0 Å². The Kier molecular flexibility index (Phi) is 5.01. The molecule has 0 aliphatic carbocycles. The lowest BCUT2D eigenvalue weighted by molar-refractivity contribution is -0.117. The first-order valence-corrected chi connectivity index (χ1v) is 8.14. The second-order valence-electron chi connectivity index (χ2n) is 5.70. The van der Waals surface area contributed by atoms with E-state index >= 15 is 0 Å². The molecule has 5 nitrogen and oxygen atoms in total. The van der Waals surface area contributed by atoms with E-state index in [4.69, 9.17) is 11.6 Å². The average molecular weight is 344 g/mol. The van der Waals surface area contributed by atoms with E-state index < -0.39 is 0 Å². The molecule has 0 aromatic heterocycles. The molecule has 1 unspecified atom stereocenters. The summed E-state index contributed by atoms with van der Waals surface area (Å²) < 4.78 is 0. The van der Waals surface area contributed by atoms with Crippen LogP contribution in [0.2, 0.25) is 5.02 Å². The molecule has 0 saturated carbocycles. The number of carbonyl (C=O) groups excluding carboxylic acids is 2. The van der Waals surface area contributed by atoms with Crippen LogP contribution in [0.3, 0.4) is 0 Å². The van der Waals surface area contributed by atoms with Crippen molar-refractivity contribution in [3.63, 3.8) is 0 Å². The van der Waals surface area contributed by atoms with Gasteiger partial charge in [0, 0.05) is 30.2 Å². The van der Waals surface area contributed by atoms with Crippen molar-refractivity contribution >= 4 is 29.2 Å². The molecule has 2 N–H and O–H groups in total. The molecule has 6 heteroatoms. The number of anilines is 1. The normalized spacial score (nSPS) is 17.0. The Morgan fingerprint density at radius 2 is 1.96 bits per heavy atom. The Bertz CT molecular complexity index is 736. The van der Waals surface area contributed by atoms with Gasteiger partial charge in [0.1, 0.15) is 0 Å². The van der Waals surface area contributed by atoms with Crippen LogP contribution in [-0.4, -0.2) is 24.5 Å². The highest BCUT2D eigenvalue weighted by Crippen LogP contribution is 2.20. The molecule has 2 aromatic carbocycles. The maximum absolute atomic E-state index is 12.1. The van der Waals surface area contributed by atoms with E-state index in [9.17, 15) is 9.59 Å². The summed E-state index contributed by atoms with van der Waals surface area (Å²) in [5, 5.41) is 6.27. The Hall–Kier alpha value is -2.53. The summed E-state index contributed by atoms with van der Waals surface area (Å²) in [4.78, 5) is 25.8. The highest BCUT2D eigenvalue weighted by Gasteiger charge is 2.31. The SMILES string of the molecule is O=C(NCc1cccc(Cl)c1)NC1CC(=O)N(c2ccccc2)C1. The van der Waals surface area contributed by atoms with Gasteiger partial charge in [-0.05, 0) is 29.8 Å². The van der Waals surface area contributed by atoms with Gasteiger partial charge >= 0.3 is 6.03 Å². The second-order valence-corrected chi connectivity index (χ2v) is 6.13. The molecule has 1 heterocycles. The van der Waals surface area contributed by atoms with Crippen LogP contribution in [-0.2, 0) is 11.3 Å². The predicted molar refractivity (Wildman–Crippen MR) is 94.0 cm³/mol. The van der Waals surface area contributed by atoms with Crippen molar-refractivity contribution in [2.75, 3.05) is 11.4 Å². The zero-order valence-corrected chi connectivity index (χ0v) is 13.8. The molecule has 1 atom stereocenters. The van der Waals surface area contributed by atoms with Crippen LogP contribution in [0.4, 0.5) is 10.5 Å². The average Bonchev–Trinajstić information content (AvgIpc) is 2.94. The Morgan fingerprint density at radius 1 is 1.17 bits per heavy atom. The number of rotatable bonds is 4. The van der Waals surface area contributed by atoms with Gasteiger partial charge in [0.15, 0.2) is 0 Å². The van der Waals surface area contributed by atoms with Crippen molar-refractivity contribution in [3.05, 3.63) is 65.2 Å². The van der Waals surface area contributed by atoms with E-state index in [0.29, 0.717) is 24.5 Å². The number of benzene rings is 2. The fourth-order valence-corrected chi connectivity index (χ4v) is 2.94. The summed E-state index contributed by atoms with van der Waals surface area (Å²) in [5.41, 5.74) is 1.78. The Balaban J connectivity index is 1.51. The van der Waals surface area contributed by atoms with Gasteiger partial charge in [0.25, 0.3) is 0 Å². The maximum atomic E-state index is 12.1. The number of carbonyl (C=O) groups is 2. The molecule has 24 heavy (non-hydrogen) atoms. The Morgan fingerprint density at radius 3 is 2.71 bits per heavy atom. The molecule has 0 radical (unpaired) electrons. The zero-order chi connectivity index (χ0) is 16.9. The third-order valence-corrected chi connectivity index (χ3v) is 4.11. The summed E-state index contributed by atoms with van der Waals surface area (Å²) in [6.07, 6.45) is 0.305. The van der Waals surface area contributed by atoms with Gasteiger partial charge in [0.05, 0.1) is 6.04 Å². The van der Waals surface area contributed by atoms with Gasteiger partial charge in [0.2, 0.25) is 5.91 Å². The first-order valence-electron chi connectivity index (χ1n) is 7.76. The van der Waals surface area contributed by atoms with E-state index in [1.807, 2.05) is 42.5 Å². The molecular formula is C18H18ClN3O2. The topological polar surface area (TPSA) is 61.4 Å². The van der Waals surface area contributed by atoms with Crippen molar-refractivity contribution in [3.8, 4) is 0 Å². The molecule has 0 spiro atoms. The molecule has 3 amide bonds. The molecule has 2 aromatic rings. The standard InChI is InChI=1S/C18H18ClN3O2/c19-14-6-4-5-13(9-14)11-20-18(24)21-15-10-17(23)22(12-15)16-7-2-1-3-8-16/h1-9,15H,10-12H2,(H2,20,21,24). The maximum Gasteiger partial charge on any atom is 0.315 e. The van der Waals surface area contributed by atoms with Gasteiger partial charge < -0.3 is 15.5 Å². The molecule has 1 saturated heterocycles. The lowest BCUT2D eigenvalue weighted by Gasteiger charge is -2.17. The lowest BCUT2D eigenvalue weighted by atomic mass is 10.2. The predicted octanol–water partition coefficient (Wildman–Crippen LogP) is 2.94. The van der Waals surface area contributed by atoms with E-state index in [1.54, 1.807) is 17.0 Å². The molecule has 0 bridgehead atoms. The molecule has 3 rings (SSSR count). The van der Waals surface area contributed by atoms with Gasteiger partial charge in [-0.2, -0.15) is 0 Å². The number of nitrogens with zero attached hydrogens (tertiary/aromatic N) is 1. The van der Waals surface area contributed by atoms with Crippen molar-refractivity contribution in [1.82, 2.24) is 10.6 Å². The number of nitrogens with one attached hydrogen (secondary N) is 2. The van der Waals surface area contributed by atoms with E-state index in [-0.39, 0.29) is 18.0 Å². The summed E-state index contributed by atoms with van der Waals surface area (Å²) in [6.45, 7) is 0.864. The minimum Gasteiger partial charge on any atom is -0.334 e. The van der Waals surface area contributed by atoms with Crippen molar-refractivity contribution in [1.29, 1.82) is 0 Å². The third-order valence-electron chi connectivity index (χ3n) is 3.87. The quantitative estimate of drug-likeness (QED) is 0.896. The van der Waals surface area contributed by atoms with Crippen molar-refractivity contribution in [2.24, 2.45) is 0 Å². The largest absolute Gasteiger partial charge is 0.334 e. The summed E-state index contributed by atoms with van der Waals surface area (Å²) in [6, 6.07) is 16.3. The van der Waals surface area contributed by atoms with Crippen LogP contribution in [0.15, 0.2) is 54.6 Å². The molecule has 1 fully saturated rings. The third kappa shape index (κ3) is 4.06. The van der Waals surface area contributed by atoms with Gasteiger partial charge in [-0.1, -0.05) is 41.9 Å².